The Morgan fingerprint density at radius 2 is 1.87 bits per heavy atom. The first-order chi connectivity index (χ1) is 14.1. The number of nitriles is 1. The number of nitrogens with one attached hydrogen (secondary N) is 1. The number of piperidine rings is 1. The number of rotatable bonds is 4. The summed E-state index contributed by atoms with van der Waals surface area (Å²) in [4.78, 5) is 17.7. The number of aryl methyl sites for hydroxylation is 1. The van der Waals surface area contributed by atoms with E-state index in [1.54, 1.807) is 31.7 Å². The van der Waals surface area contributed by atoms with Gasteiger partial charge in [-0.25, -0.2) is 9.78 Å². The summed E-state index contributed by atoms with van der Waals surface area (Å²) in [6, 6.07) is 2.44. The van der Waals surface area contributed by atoms with E-state index >= 15 is 0 Å². The van der Waals surface area contributed by atoms with Crippen LogP contribution in [0.5, 0.6) is 5.75 Å². The summed E-state index contributed by atoms with van der Waals surface area (Å²) in [5.41, 5.74) is -6.53. The number of nitrogens with zero attached hydrogens (tertiary/aromatic N) is 3. The van der Waals surface area contributed by atoms with Crippen molar-refractivity contribution in [3.05, 3.63) is 17.3 Å². The number of alkyl halides is 3. The number of hydrogen-bond donors (Lipinski definition) is 1. The normalized spacial score (nSPS) is 15.9. The summed E-state index contributed by atoms with van der Waals surface area (Å²) < 4.78 is 70.3. The van der Waals surface area contributed by atoms with E-state index in [0.29, 0.717) is 25.9 Å². The van der Waals surface area contributed by atoms with Gasteiger partial charge in [0.15, 0.2) is 11.6 Å². The van der Waals surface area contributed by atoms with E-state index in [2.05, 4.69) is 14.5 Å². The Labute approximate surface area is 178 Å². The highest BCUT2D eigenvalue weighted by Crippen LogP contribution is 2.34. The van der Waals surface area contributed by atoms with Gasteiger partial charge in [-0.2, -0.15) is 26.9 Å². The Morgan fingerprint density at radius 1 is 1.29 bits per heavy atom. The average Bonchev–Trinajstić information content (AvgIpc) is 2.59. The molecule has 1 aromatic rings. The number of carbonyl (C=O) groups is 1. The van der Waals surface area contributed by atoms with E-state index in [1.165, 1.54) is 6.92 Å². The summed E-state index contributed by atoms with van der Waals surface area (Å²) in [6.45, 7) is 7.28. The molecule has 0 spiro atoms. The molecule has 1 aromatic heterocycles. The molecule has 9 nitrogen and oxygen atoms in total. The molecule has 0 saturated carbocycles. The lowest BCUT2D eigenvalue weighted by Crippen LogP contribution is -2.46. The third-order valence-corrected chi connectivity index (χ3v) is 5.17. The molecule has 1 fully saturated rings. The molecule has 13 heteroatoms. The number of halogens is 3. The molecule has 172 valence electrons. The summed E-state index contributed by atoms with van der Waals surface area (Å²) in [5, 5.41) is 12.2. The van der Waals surface area contributed by atoms with Crippen LogP contribution in [-0.4, -0.2) is 49.7 Å². The lowest BCUT2D eigenvalue weighted by Gasteiger charge is -2.34. The largest absolute Gasteiger partial charge is 0.534 e. The zero-order valence-corrected chi connectivity index (χ0v) is 18.2. The van der Waals surface area contributed by atoms with Gasteiger partial charge in [-0.05, 0) is 40.5 Å². The highest BCUT2D eigenvalue weighted by molar-refractivity contribution is 7.88. The number of aromatic nitrogens is 1. The van der Waals surface area contributed by atoms with Crippen molar-refractivity contribution in [2.45, 2.75) is 57.7 Å². The maximum Gasteiger partial charge on any atom is 0.534 e. The van der Waals surface area contributed by atoms with Gasteiger partial charge in [0.05, 0.1) is 0 Å². The molecule has 1 saturated heterocycles. The van der Waals surface area contributed by atoms with Crippen molar-refractivity contribution < 1.29 is 35.3 Å². The summed E-state index contributed by atoms with van der Waals surface area (Å²) in [5.74, 6) is -0.720. The van der Waals surface area contributed by atoms with E-state index in [0.717, 1.165) is 6.07 Å². The van der Waals surface area contributed by atoms with Gasteiger partial charge in [-0.15, -0.1) is 0 Å². The van der Waals surface area contributed by atoms with Gasteiger partial charge in [-0.1, -0.05) is 0 Å². The van der Waals surface area contributed by atoms with Crippen molar-refractivity contribution in [1.82, 2.24) is 10.3 Å². The van der Waals surface area contributed by atoms with Gasteiger partial charge in [0.1, 0.15) is 17.2 Å². The number of carbonyl (C=O) groups excluding carboxylic acids is 1. The molecule has 0 atom stereocenters. The minimum atomic E-state index is -5.94. The topological polar surface area (TPSA) is 122 Å². The van der Waals surface area contributed by atoms with Crippen LogP contribution in [0.1, 0.15) is 44.9 Å². The Balaban J connectivity index is 2.19. The van der Waals surface area contributed by atoms with Crippen LogP contribution >= 0.6 is 0 Å². The quantitative estimate of drug-likeness (QED) is 0.533. The lowest BCUT2D eigenvalue weighted by atomic mass is 10.0. The summed E-state index contributed by atoms with van der Waals surface area (Å²) in [6.07, 6.45) is 0.346. The smallest absolute Gasteiger partial charge is 0.444 e. The fraction of sp³-hybridized carbons (Fsp3) is 0.611. The van der Waals surface area contributed by atoms with Crippen LogP contribution in [0.2, 0.25) is 0 Å². The molecule has 1 amide bonds. The average molecular weight is 464 g/mol. The minimum Gasteiger partial charge on any atom is -0.444 e. The Morgan fingerprint density at radius 3 is 2.35 bits per heavy atom. The summed E-state index contributed by atoms with van der Waals surface area (Å²) >= 11 is 0. The fourth-order valence-corrected chi connectivity index (χ4v) is 3.36. The van der Waals surface area contributed by atoms with E-state index in [4.69, 9.17) is 4.74 Å². The number of hydrogen-bond acceptors (Lipinski definition) is 8. The van der Waals surface area contributed by atoms with Gasteiger partial charge in [0.25, 0.3) is 0 Å². The molecule has 1 aliphatic heterocycles. The third-order valence-electron chi connectivity index (χ3n) is 4.20. The Bertz CT molecular complexity index is 976. The van der Waals surface area contributed by atoms with Crippen molar-refractivity contribution in [1.29, 1.82) is 5.26 Å². The lowest BCUT2D eigenvalue weighted by molar-refractivity contribution is -0.0500. The molecular formula is C18H23F3N4O5S. The highest BCUT2D eigenvalue weighted by atomic mass is 32.2. The predicted molar refractivity (Wildman–Crippen MR) is 104 cm³/mol. The maximum absolute atomic E-state index is 12.7. The molecule has 1 N–H and O–H groups in total. The first-order valence-electron chi connectivity index (χ1n) is 9.30. The SMILES string of the molecule is Cc1cc(OS(=O)(=O)C(F)(F)F)c(C#N)c(N2CCC(NC(=O)OC(C)(C)C)CC2)n1. The molecule has 0 radical (unpaired) electrons. The van der Waals surface area contributed by atoms with Crippen LogP contribution in [0.4, 0.5) is 23.8 Å². The third kappa shape index (κ3) is 6.36. The van der Waals surface area contributed by atoms with Gasteiger partial charge < -0.3 is 19.1 Å². The zero-order chi connectivity index (χ0) is 23.6. The minimum absolute atomic E-state index is 0.0191. The first kappa shape index (κ1) is 24.5. The van der Waals surface area contributed by atoms with E-state index in [-0.39, 0.29) is 17.6 Å². The van der Waals surface area contributed by atoms with Crippen molar-refractivity contribution in [2.75, 3.05) is 18.0 Å². The molecule has 0 unspecified atom stereocenters. The van der Waals surface area contributed by atoms with E-state index in [9.17, 15) is 31.6 Å². The fourth-order valence-electron chi connectivity index (χ4n) is 2.90. The van der Waals surface area contributed by atoms with Crippen molar-refractivity contribution in [3.8, 4) is 11.8 Å². The Hall–Kier alpha value is -2.75. The van der Waals surface area contributed by atoms with Crippen molar-refractivity contribution in [3.63, 3.8) is 0 Å². The van der Waals surface area contributed by atoms with E-state index in [1.807, 2.05) is 0 Å². The number of ether oxygens (including phenoxy) is 1. The van der Waals surface area contributed by atoms with Crippen LogP contribution in [-0.2, 0) is 14.9 Å². The predicted octanol–water partition coefficient (Wildman–Crippen LogP) is 2.98. The second kappa shape index (κ2) is 8.78. The van der Waals surface area contributed by atoms with Gasteiger partial charge in [0, 0.05) is 30.9 Å². The highest BCUT2D eigenvalue weighted by Gasteiger charge is 2.49. The second-order valence-corrected chi connectivity index (χ2v) is 9.50. The molecule has 31 heavy (non-hydrogen) atoms. The van der Waals surface area contributed by atoms with Crippen LogP contribution in [0.25, 0.3) is 0 Å². The molecular weight excluding hydrogens is 441 g/mol. The van der Waals surface area contributed by atoms with Crippen molar-refractivity contribution >= 4 is 22.0 Å². The standard InChI is InChI=1S/C18H23F3N4O5S/c1-11-9-14(30-31(27,28)18(19,20)21)13(10-22)15(23-11)25-7-5-12(6-8-25)24-16(26)29-17(2,3)4/h9,12H,5-8H2,1-4H3,(H,24,26). The maximum atomic E-state index is 12.7. The van der Waals surface area contributed by atoms with Crippen LogP contribution in [0.15, 0.2) is 6.07 Å². The van der Waals surface area contributed by atoms with Gasteiger partial charge in [-0.3, -0.25) is 0 Å². The van der Waals surface area contributed by atoms with Gasteiger partial charge in [0.2, 0.25) is 0 Å². The Kier molecular flexibility index (Phi) is 6.94. The van der Waals surface area contributed by atoms with E-state index < -0.39 is 38.6 Å². The van der Waals surface area contributed by atoms with Crippen molar-refractivity contribution in [2.24, 2.45) is 0 Å². The number of anilines is 1. The van der Waals surface area contributed by atoms with Gasteiger partial charge >= 0.3 is 21.7 Å². The molecule has 0 aliphatic carbocycles. The monoisotopic (exact) mass is 464 g/mol. The van der Waals surface area contributed by atoms with Crippen LogP contribution in [0.3, 0.4) is 0 Å². The number of alkyl carbamates (subject to hydrolysis) is 1. The molecule has 1 aliphatic rings. The summed E-state index contributed by atoms with van der Waals surface area (Å²) in [7, 11) is -5.94. The second-order valence-electron chi connectivity index (χ2n) is 7.96. The zero-order valence-electron chi connectivity index (χ0n) is 17.4. The number of amides is 1. The van der Waals surface area contributed by atoms with Crippen LogP contribution in [0, 0.1) is 18.3 Å². The molecule has 2 heterocycles. The molecule has 0 bridgehead atoms. The number of pyridine rings is 1. The molecule has 2 rings (SSSR count). The molecule has 0 aromatic carbocycles. The van der Waals surface area contributed by atoms with Crippen LogP contribution < -0.4 is 14.4 Å². The first-order valence-corrected chi connectivity index (χ1v) is 10.7.